The smallest absolute Gasteiger partial charge is 0.306 e. The standard InChI is InChI=1S/C35H49ClO7/c1-5-6-11-31(41)43-35(29(39)21-42-30(40)15-12-23-9-7-8-10-23)22(2)18-27-26-14-13-24-19-25(37)16-17-32(24,3)34(26,36)28(38)20-33(27,35)4/h16-17,19,22-23,26-28,38H,5-15,18,20-21H2,1-4H3/t22-,26+,27+,28?,32+,33+,34+,35+/m1/s1. The van der Waals surface area contributed by atoms with Gasteiger partial charge in [-0.05, 0) is 68.4 Å². The van der Waals surface area contributed by atoms with Crippen molar-refractivity contribution in [2.75, 3.05) is 6.61 Å². The van der Waals surface area contributed by atoms with Crippen LogP contribution in [0.1, 0.15) is 111 Å². The molecule has 7 nitrogen and oxygen atoms in total. The van der Waals surface area contributed by atoms with Crippen molar-refractivity contribution in [3.8, 4) is 0 Å². The Kier molecular flexibility index (Phi) is 9.10. The molecule has 0 amide bonds. The Morgan fingerprint density at radius 1 is 1.07 bits per heavy atom. The van der Waals surface area contributed by atoms with E-state index in [9.17, 15) is 24.3 Å². The number of aliphatic hydroxyl groups is 1. The average molecular weight is 617 g/mol. The highest BCUT2D eigenvalue weighted by molar-refractivity contribution is 6.26. The monoisotopic (exact) mass is 616 g/mol. The molecule has 0 heterocycles. The van der Waals surface area contributed by atoms with Crippen LogP contribution >= 0.6 is 11.6 Å². The van der Waals surface area contributed by atoms with E-state index in [1.807, 2.05) is 33.8 Å². The van der Waals surface area contributed by atoms with Gasteiger partial charge in [-0.25, -0.2) is 0 Å². The van der Waals surface area contributed by atoms with Gasteiger partial charge in [0.15, 0.2) is 18.0 Å². The summed E-state index contributed by atoms with van der Waals surface area (Å²) in [4.78, 5) is 51.5. The maximum Gasteiger partial charge on any atom is 0.306 e. The Labute approximate surface area is 261 Å². The number of fused-ring (bicyclic) bond motifs is 5. The largest absolute Gasteiger partial charge is 0.457 e. The van der Waals surface area contributed by atoms with E-state index in [1.165, 1.54) is 18.9 Å². The predicted octanol–water partition coefficient (Wildman–Crippen LogP) is 6.43. The topological polar surface area (TPSA) is 107 Å². The van der Waals surface area contributed by atoms with E-state index in [0.29, 0.717) is 31.6 Å². The molecule has 5 aliphatic carbocycles. The summed E-state index contributed by atoms with van der Waals surface area (Å²) in [6.07, 6.45) is 13.4. The van der Waals surface area contributed by atoms with Crippen molar-refractivity contribution in [2.45, 2.75) is 128 Å². The van der Waals surface area contributed by atoms with E-state index >= 15 is 0 Å². The van der Waals surface area contributed by atoms with Gasteiger partial charge in [-0.3, -0.25) is 19.2 Å². The number of aliphatic hydroxyl groups excluding tert-OH is 1. The van der Waals surface area contributed by atoms with Crippen molar-refractivity contribution in [1.82, 2.24) is 0 Å². The van der Waals surface area contributed by atoms with Crippen molar-refractivity contribution in [1.29, 1.82) is 0 Å². The number of hydrogen-bond donors (Lipinski definition) is 1. The van der Waals surface area contributed by atoms with Crippen LogP contribution in [0.5, 0.6) is 0 Å². The highest BCUT2D eigenvalue weighted by Gasteiger charge is 2.76. The SMILES string of the molecule is CCCCC(=O)O[C@]1(C(=O)COC(=O)CCC2CCCC2)[C@H](C)C[C@H]2[C@@H]3CCC4=CC(=O)C=C[C@]4(C)[C@@]3(Cl)C(O)C[C@@]21C. The first-order valence-corrected chi connectivity index (χ1v) is 16.9. The maximum absolute atomic E-state index is 14.4. The zero-order valence-corrected chi connectivity index (χ0v) is 27.0. The second kappa shape index (κ2) is 12.1. The molecule has 0 aromatic carbocycles. The van der Waals surface area contributed by atoms with Gasteiger partial charge in [-0.2, -0.15) is 0 Å². The number of ketones is 2. The Morgan fingerprint density at radius 3 is 2.49 bits per heavy atom. The van der Waals surface area contributed by atoms with Gasteiger partial charge in [-0.1, -0.05) is 71.4 Å². The lowest BCUT2D eigenvalue weighted by molar-refractivity contribution is -0.204. The Hall–Kier alpha value is -1.99. The molecule has 0 aromatic heterocycles. The minimum Gasteiger partial charge on any atom is -0.457 e. The molecule has 5 rings (SSSR count). The first-order valence-electron chi connectivity index (χ1n) is 16.6. The van der Waals surface area contributed by atoms with Crippen LogP contribution in [0.25, 0.3) is 0 Å². The molecule has 238 valence electrons. The zero-order chi connectivity index (χ0) is 31.2. The number of hydrogen-bond acceptors (Lipinski definition) is 7. The lowest BCUT2D eigenvalue weighted by Gasteiger charge is -2.64. The third-order valence-electron chi connectivity index (χ3n) is 12.2. The third-order valence-corrected chi connectivity index (χ3v) is 13.1. The maximum atomic E-state index is 14.4. The summed E-state index contributed by atoms with van der Waals surface area (Å²) in [7, 11) is 0. The first kappa shape index (κ1) is 32.4. The van der Waals surface area contributed by atoms with Gasteiger partial charge in [0.1, 0.15) is 0 Å². The number of ether oxygens (including phenoxy) is 2. The summed E-state index contributed by atoms with van der Waals surface area (Å²) in [6, 6.07) is 0. The van der Waals surface area contributed by atoms with Gasteiger partial charge in [0.2, 0.25) is 5.78 Å². The molecule has 0 radical (unpaired) electrons. The summed E-state index contributed by atoms with van der Waals surface area (Å²) in [5.74, 6) is -1.48. The number of alkyl halides is 1. The van der Waals surface area contributed by atoms with Crippen LogP contribution < -0.4 is 0 Å². The summed E-state index contributed by atoms with van der Waals surface area (Å²) in [6.45, 7) is 7.43. The van der Waals surface area contributed by atoms with Crippen LogP contribution in [0.3, 0.4) is 0 Å². The summed E-state index contributed by atoms with van der Waals surface area (Å²) < 4.78 is 11.9. The number of allylic oxidation sites excluding steroid dienone is 4. The van der Waals surface area contributed by atoms with E-state index in [1.54, 1.807) is 6.08 Å². The minimum atomic E-state index is -1.55. The lowest BCUT2D eigenvalue weighted by atomic mass is 9.45. The molecule has 1 unspecified atom stereocenters. The number of halogens is 1. The van der Waals surface area contributed by atoms with Crippen LogP contribution in [0.15, 0.2) is 23.8 Å². The van der Waals surface area contributed by atoms with Crippen molar-refractivity contribution >= 4 is 35.1 Å². The molecule has 4 saturated carbocycles. The fraction of sp³-hybridized carbons (Fsp3) is 0.771. The fourth-order valence-electron chi connectivity index (χ4n) is 9.90. The van der Waals surface area contributed by atoms with Crippen LogP contribution in [-0.2, 0) is 28.7 Å². The molecule has 8 heteroatoms. The molecule has 8 atom stereocenters. The second-order valence-electron chi connectivity index (χ2n) is 14.5. The predicted molar refractivity (Wildman–Crippen MR) is 163 cm³/mol. The molecule has 5 aliphatic rings. The van der Waals surface area contributed by atoms with Crippen molar-refractivity contribution in [3.63, 3.8) is 0 Å². The molecule has 4 fully saturated rings. The highest BCUT2D eigenvalue weighted by atomic mass is 35.5. The van der Waals surface area contributed by atoms with Gasteiger partial charge >= 0.3 is 11.9 Å². The third kappa shape index (κ3) is 5.14. The number of carbonyl (C=O) groups excluding carboxylic acids is 4. The van der Waals surface area contributed by atoms with Crippen molar-refractivity contribution in [3.05, 3.63) is 23.8 Å². The van der Waals surface area contributed by atoms with E-state index < -0.39 is 51.7 Å². The van der Waals surface area contributed by atoms with Crippen LogP contribution in [0, 0.1) is 34.5 Å². The van der Waals surface area contributed by atoms with E-state index in [2.05, 4.69) is 0 Å². The minimum absolute atomic E-state index is 0.0720. The molecule has 0 aromatic rings. The second-order valence-corrected chi connectivity index (χ2v) is 15.1. The molecule has 0 aliphatic heterocycles. The first-order chi connectivity index (χ1) is 20.3. The zero-order valence-electron chi connectivity index (χ0n) is 26.3. The van der Waals surface area contributed by atoms with Crippen molar-refractivity contribution in [2.24, 2.45) is 34.5 Å². The van der Waals surface area contributed by atoms with Gasteiger partial charge in [0.25, 0.3) is 0 Å². The number of rotatable bonds is 10. The Bertz CT molecular complexity index is 1200. The molecule has 1 N–H and O–H groups in total. The normalized spacial score (nSPS) is 40.3. The molecular weight excluding hydrogens is 568 g/mol. The Morgan fingerprint density at radius 2 is 1.79 bits per heavy atom. The van der Waals surface area contributed by atoms with Crippen molar-refractivity contribution < 1.29 is 33.8 Å². The molecule has 43 heavy (non-hydrogen) atoms. The Balaban J connectivity index is 1.45. The van der Waals surface area contributed by atoms with Crippen LogP contribution in [-0.4, -0.2) is 51.8 Å². The summed E-state index contributed by atoms with van der Waals surface area (Å²) in [5, 5.41) is 12.0. The van der Waals surface area contributed by atoms with Gasteiger partial charge in [0, 0.05) is 29.6 Å². The van der Waals surface area contributed by atoms with E-state index in [4.69, 9.17) is 21.1 Å². The highest BCUT2D eigenvalue weighted by Crippen LogP contribution is 2.72. The lowest BCUT2D eigenvalue weighted by Crippen LogP contribution is -2.69. The molecule has 0 saturated heterocycles. The van der Waals surface area contributed by atoms with Gasteiger partial charge in [0.05, 0.1) is 11.0 Å². The molecular formula is C35H49ClO7. The molecule has 0 bridgehead atoms. The van der Waals surface area contributed by atoms with Gasteiger partial charge < -0.3 is 14.6 Å². The summed E-state index contributed by atoms with van der Waals surface area (Å²) in [5.41, 5.74) is -2.27. The average Bonchev–Trinajstić information content (AvgIpc) is 3.56. The summed E-state index contributed by atoms with van der Waals surface area (Å²) >= 11 is 7.59. The molecule has 0 spiro atoms. The fourth-order valence-corrected chi connectivity index (χ4v) is 10.4. The van der Waals surface area contributed by atoms with Crippen LogP contribution in [0.2, 0.25) is 0 Å². The number of unbranched alkanes of at least 4 members (excludes halogenated alkanes) is 1. The van der Waals surface area contributed by atoms with E-state index in [-0.39, 0.29) is 42.8 Å². The number of Topliss-reactive ketones (excluding diaryl/α,β-unsaturated/α-hetero) is 1. The van der Waals surface area contributed by atoms with Crippen LogP contribution in [0.4, 0.5) is 0 Å². The number of carbonyl (C=O) groups is 4. The van der Waals surface area contributed by atoms with E-state index in [0.717, 1.165) is 31.3 Å². The quantitative estimate of drug-likeness (QED) is 0.223. The van der Waals surface area contributed by atoms with Gasteiger partial charge in [-0.15, -0.1) is 11.6 Å². The number of esters is 2.